The Morgan fingerprint density at radius 3 is 2.27 bits per heavy atom. The Bertz CT molecular complexity index is 411. The van der Waals surface area contributed by atoms with Crippen molar-refractivity contribution in [3.8, 4) is 0 Å². The van der Waals surface area contributed by atoms with Crippen molar-refractivity contribution in [3.63, 3.8) is 0 Å². The highest BCUT2D eigenvalue weighted by Gasteiger charge is 2.39. The Balaban J connectivity index is 1.75. The van der Waals surface area contributed by atoms with Gasteiger partial charge >= 0.3 is 11.9 Å². The van der Waals surface area contributed by atoms with Crippen LogP contribution in [-0.2, 0) is 14.3 Å². The maximum absolute atomic E-state index is 11.2. The van der Waals surface area contributed by atoms with Crippen molar-refractivity contribution in [2.75, 3.05) is 6.61 Å². The quantitative estimate of drug-likeness (QED) is 0.736. The third-order valence-corrected chi connectivity index (χ3v) is 4.92. The average molecular weight is 310 g/mol. The predicted octanol–water partition coefficient (Wildman–Crippen LogP) is 3.09. The van der Waals surface area contributed by atoms with E-state index in [2.05, 4.69) is 6.08 Å². The summed E-state index contributed by atoms with van der Waals surface area (Å²) in [6.07, 6.45) is 11.8. The van der Waals surface area contributed by atoms with Gasteiger partial charge in [0.1, 0.15) is 0 Å². The fourth-order valence-electron chi connectivity index (χ4n) is 3.62. The van der Waals surface area contributed by atoms with Gasteiger partial charge < -0.3 is 14.9 Å². The Hall–Kier alpha value is -1.36. The van der Waals surface area contributed by atoms with E-state index in [1.54, 1.807) is 0 Å². The predicted molar refractivity (Wildman–Crippen MR) is 81.6 cm³/mol. The maximum Gasteiger partial charge on any atom is 0.307 e. The molecule has 2 N–H and O–H groups in total. The van der Waals surface area contributed by atoms with Crippen molar-refractivity contribution in [1.29, 1.82) is 0 Å². The zero-order valence-corrected chi connectivity index (χ0v) is 12.9. The second-order valence-electron chi connectivity index (χ2n) is 6.48. The third kappa shape index (κ3) is 4.83. The number of aliphatic carboxylic acids is 2. The van der Waals surface area contributed by atoms with Gasteiger partial charge in [-0.1, -0.05) is 31.4 Å². The second-order valence-corrected chi connectivity index (χ2v) is 6.48. The number of ether oxygens (including phenoxy) is 1. The average Bonchev–Trinajstić information content (AvgIpc) is 2.52. The molecule has 2 saturated carbocycles. The minimum absolute atomic E-state index is 0.146. The Morgan fingerprint density at radius 1 is 0.955 bits per heavy atom. The van der Waals surface area contributed by atoms with Gasteiger partial charge in [0.05, 0.1) is 24.5 Å². The number of hydrogen-bond donors (Lipinski definition) is 2. The molecule has 2 aliphatic rings. The summed E-state index contributed by atoms with van der Waals surface area (Å²) in [5.74, 6) is -3.00. The summed E-state index contributed by atoms with van der Waals surface area (Å²) in [7, 11) is 0. The van der Waals surface area contributed by atoms with E-state index < -0.39 is 23.8 Å². The Morgan fingerprint density at radius 2 is 1.64 bits per heavy atom. The van der Waals surface area contributed by atoms with Gasteiger partial charge in [-0.2, -0.15) is 0 Å². The molecule has 3 atom stereocenters. The third-order valence-electron chi connectivity index (χ3n) is 4.92. The van der Waals surface area contributed by atoms with Crippen molar-refractivity contribution in [1.82, 2.24) is 0 Å². The van der Waals surface area contributed by atoms with Crippen LogP contribution >= 0.6 is 0 Å². The van der Waals surface area contributed by atoms with Crippen molar-refractivity contribution in [2.45, 2.75) is 57.5 Å². The number of carbonyl (C=O) groups is 2. The number of carboxylic acids is 2. The summed E-state index contributed by atoms with van der Waals surface area (Å²) in [6.45, 7) is 0.491. The van der Waals surface area contributed by atoms with E-state index in [1.165, 1.54) is 32.1 Å². The monoisotopic (exact) mass is 310 g/mol. The van der Waals surface area contributed by atoms with Crippen molar-refractivity contribution in [3.05, 3.63) is 12.2 Å². The van der Waals surface area contributed by atoms with Gasteiger partial charge in [0, 0.05) is 0 Å². The van der Waals surface area contributed by atoms with Crippen molar-refractivity contribution >= 4 is 11.9 Å². The molecule has 5 heteroatoms. The smallest absolute Gasteiger partial charge is 0.307 e. The molecule has 124 valence electrons. The fourth-order valence-corrected chi connectivity index (χ4v) is 3.62. The van der Waals surface area contributed by atoms with E-state index >= 15 is 0 Å². The topological polar surface area (TPSA) is 83.8 Å². The van der Waals surface area contributed by atoms with Crippen molar-refractivity contribution < 1.29 is 24.5 Å². The molecular formula is C17H26O5. The highest BCUT2D eigenvalue weighted by molar-refractivity contribution is 5.80. The molecule has 0 aromatic heterocycles. The molecule has 0 aromatic carbocycles. The molecule has 22 heavy (non-hydrogen) atoms. The Labute approximate surface area is 131 Å². The molecule has 2 aliphatic carbocycles. The van der Waals surface area contributed by atoms with E-state index in [4.69, 9.17) is 9.84 Å². The Kier molecular flexibility index (Phi) is 6.43. The maximum atomic E-state index is 11.2. The molecular weight excluding hydrogens is 284 g/mol. The van der Waals surface area contributed by atoms with Crippen LogP contribution in [0.1, 0.15) is 51.4 Å². The molecule has 0 aliphatic heterocycles. The molecule has 0 spiro atoms. The van der Waals surface area contributed by atoms with Gasteiger partial charge in [-0.25, -0.2) is 0 Å². The lowest BCUT2D eigenvalue weighted by Crippen LogP contribution is -2.38. The van der Waals surface area contributed by atoms with Gasteiger partial charge in [0.25, 0.3) is 0 Å². The molecule has 3 unspecified atom stereocenters. The summed E-state index contributed by atoms with van der Waals surface area (Å²) in [5.41, 5.74) is 0. The van der Waals surface area contributed by atoms with Crippen LogP contribution in [0.5, 0.6) is 0 Å². The van der Waals surface area contributed by atoms with E-state index in [0.717, 1.165) is 0 Å². The molecule has 0 radical (unpaired) electrons. The summed E-state index contributed by atoms with van der Waals surface area (Å²) < 4.78 is 5.74. The molecule has 2 rings (SSSR count). The van der Waals surface area contributed by atoms with Gasteiger partial charge in [-0.3, -0.25) is 9.59 Å². The SMILES string of the molecule is O=C(O)C1CCC(OC/C=C/C2CCCCC2)CC1C(=O)O. The lowest BCUT2D eigenvalue weighted by Gasteiger charge is -2.31. The van der Waals surface area contributed by atoms with E-state index in [0.29, 0.717) is 31.8 Å². The standard InChI is InChI=1S/C17H26O5/c18-16(19)14-9-8-13(11-15(14)17(20)21)22-10-4-7-12-5-2-1-3-6-12/h4,7,12-15H,1-3,5-6,8-11H2,(H,18,19)(H,20,21)/b7-4+. The molecule has 0 amide bonds. The summed E-state index contributed by atoms with van der Waals surface area (Å²) in [6, 6.07) is 0. The number of rotatable bonds is 6. The van der Waals surface area contributed by atoms with Crippen LogP contribution in [0.25, 0.3) is 0 Å². The van der Waals surface area contributed by atoms with E-state index in [-0.39, 0.29) is 6.10 Å². The first-order valence-electron chi connectivity index (χ1n) is 8.31. The minimum atomic E-state index is -1.03. The fraction of sp³-hybridized carbons (Fsp3) is 0.765. The highest BCUT2D eigenvalue weighted by atomic mass is 16.5. The second kappa shape index (κ2) is 8.32. The van der Waals surface area contributed by atoms with Gasteiger partial charge in [0.2, 0.25) is 0 Å². The lowest BCUT2D eigenvalue weighted by molar-refractivity contribution is -0.158. The summed E-state index contributed by atoms with van der Waals surface area (Å²) >= 11 is 0. The molecule has 2 fully saturated rings. The number of allylic oxidation sites excluding steroid dienone is 1. The lowest BCUT2D eigenvalue weighted by atomic mass is 9.78. The van der Waals surface area contributed by atoms with Crippen molar-refractivity contribution in [2.24, 2.45) is 17.8 Å². The molecule has 0 heterocycles. The zero-order valence-electron chi connectivity index (χ0n) is 12.9. The molecule has 5 nitrogen and oxygen atoms in total. The minimum Gasteiger partial charge on any atom is -0.481 e. The summed E-state index contributed by atoms with van der Waals surface area (Å²) in [4.78, 5) is 22.3. The van der Waals surface area contributed by atoms with E-state index in [9.17, 15) is 14.7 Å². The summed E-state index contributed by atoms with van der Waals surface area (Å²) in [5, 5.41) is 18.3. The molecule has 0 saturated heterocycles. The zero-order chi connectivity index (χ0) is 15.9. The molecule has 0 aromatic rings. The normalized spacial score (nSPS) is 30.5. The van der Waals surface area contributed by atoms with Crippen LogP contribution < -0.4 is 0 Å². The first kappa shape index (κ1) is 17.0. The van der Waals surface area contributed by atoms with Gasteiger partial charge in [0.15, 0.2) is 0 Å². The van der Waals surface area contributed by atoms with Gasteiger partial charge in [-0.15, -0.1) is 0 Å². The van der Waals surface area contributed by atoms with Crippen LogP contribution in [0, 0.1) is 17.8 Å². The van der Waals surface area contributed by atoms with Gasteiger partial charge in [-0.05, 0) is 38.0 Å². The van der Waals surface area contributed by atoms with Crippen LogP contribution in [0.3, 0.4) is 0 Å². The number of hydrogen-bond acceptors (Lipinski definition) is 3. The van der Waals surface area contributed by atoms with Crippen LogP contribution in [0.4, 0.5) is 0 Å². The number of carboxylic acid groups (broad SMARTS) is 2. The first-order chi connectivity index (χ1) is 10.6. The highest BCUT2D eigenvalue weighted by Crippen LogP contribution is 2.32. The van der Waals surface area contributed by atoms with E-state index in [1.807, 2.05) is 6.08 Å². The van der Waals surface area contributed by atoms with Crippen LogP contribution in [0.15, 0.2) is 12.2 Å². The molecule has 0 bridgehead atoms. The van der Waals surface area contributed by atoms with Crippen LogP contribution in [-0.4, -0.2) is 34.9 Å². The largest absolute Gasteiger partial charge is 0.481 e. The first-order valence-corrected chi connectivity index (χ1v) is 8.31. The van der Waals surface area contributed by atoms with Crippen LogP contribution in [0.2, 0.25) is 0 Å².